The summed E-state index contributed by atoms with van der Waals surface area (Å²) >= 11 is 25.0. The van der Waals surface area contributed by atoms with Gasteiger partial charge in [-0.2, -0.15) is 0 Å². The third-order valence-electron chi connectivity index (χ3n) is 7.33. The van der Waals surface area contributed by atoms with E-state index in [1.54, 1.807) is 37.3 Å². The van der Waals surface area contributed by atoms with E-state index in [2.05, 4.69) is 10.6 Å². The zero-order valence-corrected chi connectivity index (χ0v) is 22.9. The number of anilines is 2. The van der Waals surface area contributed by atoms with Crippen LogP contribution >= 0.6 is 46.4 Å². The van der Waals surface area contributed by atoms with E-state index >= 15 is 0 Å². The minimum atomic E-state index is -1.38. The molecule has 2 heterocycles. The molecule has 4 unspecified atom stereocenters. The Hall–Kier alpha value is -2.81. The fraction of sp³-hybridized carbons (Fsp3) is 0.222. The second-order valence-electron chi connectivity index (χ2n) is 9.41. The molecule has 5 rings (SSSR count). The van der Waals surface area contributed by atoms with E-state index in [9.17, 15) is 19.5 Å². The zero-order valence-electron chi connectivity index (χ0n) is 19.8. The molecule has 0 saturated carbocycles. The lowest BCUT2D eigenvalue weighted by atomic mass is 9.75. The Kier molecular flexibility index (Phi) is 7.09. The van der Waals surface area contributed by atoms with Crippen LogP contribution in [-0.2, 0) is 26.3 Å². The summed E-state index contributed by atoms with van der Waals surface area (Å²) in [6.07, 6.45) is 0.588. The summed E-state index contributed by atoms with van der Waals surface area (Å²) in [4.78, 5) is 40.9. The average molecular weight is 593 g/mol. The number of carbonyl (C=O) groups is 3. The van der Waals surface area contributed by atoms with Crippen molar-refractivity contribution in [3.8, 4) is 5.75 Å². The minimum Gasteiger partial charge on any atom is -0.508 e. The molecular weight excluding hydrogens is 572 g/mol. The molecule has 1 spiro atoms. The third-order valence-corrected chi connectivity index (χ3v) is 8.28. The molecule has 2 aliphatic heterocycles. The molecule has 1 fully saturated rings. The number of fused-ring (bicyclic) bond motifs is 2. The Morgan fingerprint density at radius 3 is 2.37 bits per heavy atom. The van der Waals surface area contributed by atoms with Gasteiger partial charge >= 0.3 is 0 Å². The molecule has 2 aliphatic rings. The van der Waals surface area contributed by atoms with Crippen molar-refractivity contribution >= 4 is 76.0 Å². The Labute approximate surface area is 238 Å². The smallest absolute Gasteiger partial charge is 0.249 e. The number of aromatic hydroxyl groups is 1. The fourth-order valence-electron chi connectivity index (χ4n) is 5.64. The number of rotatable bonds is 5. The van der Waals surface area contributed by atoms with Crippen molar-refractivity contribution in [2.75, 3.05) is 10.2 Å². The van der Waals surface area contributed by atoms with Gasteiger partial charge in [-0.25, -0.2) is 0 Å². The van der Waals surface area contributed by atoms with Crippen LogP contribution in [0.25, 0.3) is 0 Å². The Bertz CT molecular complexity index is 1460. The highest BCUT2D eigenvalue weighted by Gasteiger charge is 2.62. The van der Waals surface area contributed by atoms with Crippen molar-refractivity contribution < 1.29 is 19.5 Å². The van der Waals surface area contributed by atoms with E-state index < -0.39 is 35.2 Å². The monoisotopic (exact) mass is 591 g/mol. The van der Waals surface area contributed by atoms with Gasteiger partial charge in [0, 0.05) is 32.6 Å². The van der Waals surface area contributed by atoms with Gasteiger partial charge in [0.15, 0.2) is 0 Å². The van der Waals surface area contributed by atoms with Crippen LogP contribution in [0.2, 0.25) is 20.1 Å². The summed E-state index contributed by atoms with van der Waals surface area (Å²) in [5.74, 6) is -2.48. The number of carbonyl (C=O) groups excluding carboxylic acids is 3. The van der Waals surface area contributed by atoms with E-state index in [1.165, 1.54) is 24.3 Å². The van der Waals surface area contributed by atoms with Crippen LogP contribution in [-0.4, -0.2) is 29.4 Å². The molecule has 3 aromatic rings. The topological polar surface area (TPSA) is 98.7 Å². The van der Waals surface area contributed by atoms with Crippen LogP contribution < -0.4 is 15.5 Å². The highest BCUT2D eigenvalue weighted by atomic mass is 35.5. The normalized spacial score (nSPS) is 23.8. The van der Waals surface area contributed by atoms with E-state index in [4.69, 9.17) is 46.4 Å². The number of nitrogens with one attached hydrogen (secondary N) is 2. The molecule has 3 aromatic carbocycles. The minimum absolute atomic E-state index is 0.0466. The third kappa shape index (κ3) is 4.32. The second-order valence-corrected chi connectivity index (χ2v) is 11.1. The lowest BCUT2D eigenvalue weighted by molar-refractivity contribution is -0.127. The van der Waals surface area contributed by atoms with Gasteiger partial charge in [-0.1, -0.05) is 71.5 Å². The molecule has 3 N–H and O–H groups in total. The quantitative estimate of drug-likeness (QED) is 0.325. The second kappa shape index (κ2) is 10.1. The van der Waals surface area contributed by atoms with Gasteiger partial charge in [-0.05, 0) is 48.4 Å². The van der Waals surface area contributed by atoms with Gasteiger partial charge in [0.05, 0.1) is 22.3 Å². The number of amides is 3. The maximum absolute atomic E-state index is 14.1. The SMILES string of the molecule is CC1C(C(=O)N(C=O)c2cc(Cl)cc(Cl)c2)C(Cc2ccccc2O)NC12C(=O)Nc1c(Cl)cc(Cl)cc12. The molecule has 38 heavy (non-hydrogen) atoms. The van der Waals surface area contributed by atoms with Crippen molar-refractivity contribution in [1.82, 2.24) is 5.32 Å². The van der Waals surface area contributed by atoms with Crippen LogP contribution in [0.3, 0.4) is 0 Å². The Morgan fingerprint density at radius 1 is 1.05 bits per heavy atom. The molecule has 0 aliphatic carbocycles. The number of phenols is 1. The first-order valence-electron chi connectivity index (χ1n) is 11.7. The molecule has 1 saturated heterocycles. The molecular formula is C27H21Cl4N3O4. The molecule has 196 valence electrons. The number of phenolic OH excluding ortho intramolecular Hbond substituents is 1. The zero-order chi connectivity index (χ0) is 27.4. The Balaban J connectivity index is 1.64. The van der Waals surface area contributed by atoms with E-state index in [0.29, 0.717) is 28.2 Å². The van der Waals surface area contributed by atoms with E-state index in [0.717, 1.165) is 4.90 Å². The van der Waals surface area contributed by atoms with Crippen molar-refractivity contribution in [1.29, 1.82) is 0 Å². The largest absolute Gasteiger partial charge is 0.508 e. The van der Waals surface area contributed by atoms with Crippen molar-refractivity contribution in [2.24, 2.45) is 11.8 Å². The average Bonchev–Trinajstić information content (AvgIpc) is 3.29. The van der Waals surface area contributed by atoms with Crippen LogP contribution in [0.5, 0.6) is 5.75 Å². The molecule has 0 aromatic heterocycles. The summed E-state index contributed by atoms with van der Waals surface area (Å²) in [5, 5.41) is 17.8. The molecule has 4 atom stereocenters. The summed E-state index contributed by atoms with van der Waals surface area (Å²) in [5.41, 5.74) is 0.301. The van der Waals surface area contributed by atoms with Crippen LogP contribution in [0.4, 0.5) is 11.4 Å². The number of halogens is 4. The molecule has 7 nitrogen and oxygen atoms in total. The summed E-state index contributed by atoms with van der Waals surface area (Å²) in [7, 11) is 0. The fourth-order valence-corrected chi connectivity index (χ4v) is 6.69. The maximum Gasteiger partial charge on any atom is 0.249 e. The first-order valence-corrected chi connectivity index (χ1v) is 13.2. The number of hydrogen-bond donors (Lipinski definition) is 3. The van der Waals surface area contributed by atoms with E-state index in [-0.39, 0.29) is 32.9 Å². The number of imide groups is 1. The number of para-hydroxylation sites is 1. The number of nitrogens with zero attached hydrogens (tertiary/aromatic N) is 1. The summed E-state index contributed by atoms with van der Waals surface area (Å²) in [6, 6.07) is 13.6. The van der Waals surface area contributed by atoms with Gasteiger partial charge in [0.25, 0.3) is 0 Å². The predicted molar refractivity (Wildman–Crippen MR) is 148 cm³/mol. The maximum atomic E-state index is 14.1. The van der Waals surface area contributed by atoms with Crippen LogP contribution in [0, 0.1) is 11.8 Å². The van der Waals surface area contributed by atoms with Gasteiger partial charge < -0.3 is 10.4 Å². The summed E-state index contributed by atoms with van der Waals surface area (Å²) < 4.78 is 0. The van der Waals surface area contributed by atoms with E-state index in [1.807, 2.05) is 0 Å². The lowest BCUT2D eigenvalue weighted by Gasteiger charge is -2.30. The predicted octanol–water partition coefficient (Wildman–Crippen LogP) is 5.81. The van der Waals surface area contributed by atoms with Gasteiger partial charge in [-0.3, -0.25) is 24.6 Å². The first kappa shape index (κ1) is 26.8. The van der Waals surface area contributed by atoms with Crippen molar-refractivity contribution in [3.05, 3.63) is 85.8 Å². The standard InChI is InChI=1S/C27H21Cl4N3O4/c1-13-23(25(37)34(12-35)18-8-15(28)7-16(29)9-18)21(6-14-4-2-3-5-22(14)36)33-27(13)19-10-17(30)11-20(31)24(19)32-26(27)38/h2-5,7-13,21,23,33,36H,6H2,1H3,(H,32,38). The van der Waals surface area contributed by atoms with Gasteiger partial charge in [-0.15, -0.1) is 0 Å². The van der Waals surface area contributed by atoms with Gasteiger partial charge in [0.1, 0.15) is 11.3 Å². The number of hydrogen-bond acceptors (Lipinski definition) is 5. The lowest BCUT2D eigenvalue weighted by Crippen LogP contribution is -2.49. The van der Waals surface area contributed by atoms with Crippen LogP contribution in [0.15, 0.2) is 54.6 Å². The molecule has 0 bridgehead atoms. The molecule has 0 radical (unpaired) electrons. The highest BCUT2D eigenvalue weighted by molar-refractivity contribution is 6.38. The first-order chi connectivity index (χ1) is 18.1. The van der Waals surface area contributed by atoms with Crippen LogP contribution in [0.1, 0.15) is 18.1 Å². The van der Waals surface area contributed by atoms with Gasteiger partial charge in [0.2, 0.25) is 18.2 Å². The highest BCUT2D eigenvalue weighted by Crippen LogP contribution is 2.52. The molecule has 3 amide bonds. The Morgan fingerprint density at radius 2 is 1.71 bits per heavy atom. The molecule has 11 heteroatoms. The van der Waals surface area contributed by atoms with Crippen molar-refractivity contribution in [3.63, 3.8) is 0 Å². The number of benzene rings is 3. The summed E-state index contributed by atoms with van der Waals surface area (Å²) in [6.45, 7) is 1.76. The van der Waals surface area contributed by atoms with Crippen molar-refractivity contribution in [2.45, 2.75) is 24.9 Å².